The van der Waals surface area contributed by atoms with Gasteiger partial charge in [-0.15, -0.1) is 0 Å². The Kier molecular flexibility index (Phi) is 6.33. The Labute approximate surface area is 173 Å². The number of carbonyl (C=O) groups excluding carboxylic acids is 1. The maximum atomic E-state index is 12.7. The molecule has 1 aromatic carbocycles. The summed E-state index contributed by atoms with van der Waals surface area (Å²) in [7, 11) is 0. The van der Waals surface area contributed by atoms with E-state index in [2.05, 4.69) is 27.3 Å². The van der Waals surface area contributed by atoms with Crippen LogP contribution in [-0.2, 0) is 0 Å². The van der Waals surface area contributed by atoms with Crippen molar-refractivity contribution in [1.29, 1.82) is 0 Å². The highest BCUT2D eigenvalue weighted by atomic mass is 16.5. The minimum absolute atomic E-state index is 0.0302. The lowest BCUT2D eigenvalue weighted by Crippen LogP contribution is -2.39. The lowest BCUT2D eigenvalue weighted by atomic mass is 9.92. The Morgan fingerprint density at radius 3 is 2.45 bits per heavy atom. The number of aromatic nitrogens is 1. The molecule has 1 saturated carbocycles. The number of piperidine rings is 1. The van der Waals surface area contributed by atoms with Crippen LogP contribution in [0.2, 0.25) is 0 Å². The highest BCUT2D eigenvalue weighted by Gasteiger charge is 2.24. The lowest BCUT2D eigenvalue weighted by Gasteiger charge is -2.30. The number of carbonyl (C=O) groups is 1. The number of nitrogens with zero attached hydrogens (tertiary/aromatic N) is 2. The average Bonchev–Trinajstić information content (AvgIpc) is 2.77. The summed E-state index contributed by atoms with van der Waals surface area (Å²) in [5, 5.41) is 3.21. The van der Waals surface area contributed by atoms with E-state index >= 15 is 0 Å². The molecule has 5 heteroatoms. The van der Waals surface area contributed by atoms with E-state index in [9.17, 15) is 4.79 Å². The van der Waals surface area contributed by atoms with Crippen LogP contribution < -0.4 is 15.0 Å². The molecule has 1 aliphatic heterocycles. The predicted octanol–water partition coefficient (Wildman–Crippen LogP) is 4.50. The van der Waals surface area contributed by atoms with Crippen molar-refractivity contribution in [2.45, 2.75) is 64.0 Å². The number of rotatable bonds is 5. The first-order valence-electron chi connectivity index (χ1n) is 10.9. The first kappa shape index (κ1) is 19.7. The van der Waals surface area contributed by atoms with Crippen molar-refractivity contribution in [3.63, 3.8) is 0 Å². The van der Waals surface area contributed by atoms with Crippen molar-refractivity contribution in [2.24, 2.45) is 0 Å². The summed E-state index contributed by atoms with van der Waals surface area (Å²) in [6, 6.07) is 12.2. The molecule has 0 bridgehead atoms. The fourth-order valence-electron chi connectivity index (χ4n) is 4.34. The number of hydrogen-bond acceptors (Lipinski definition) is 4. The molecule has 2 fully saturated rings. The van der Waals surface area contributed by atoms with Crippen molar-refractivity contribution in [3.05, 3.63) is 53.9 Å². The Balaban J connectivity index is 1.26. The van der Waals surface area contributed by atoms with Gasteiger partial charge in [0.25, 0.3) is 5.91 Å². The van der Waals surface area contributed by atoms with Gasteiger partial charge < -0.3 is 15.0 Å². The van der Waals surface area contributed by atoms with Gasteiger partial charge in [-0.3, -0.25) is 9.78 Å². The van der Waals surface area contributed by atoms with Crippen LogP contribution in [0, 0.1) is 6.92 Å². The Morgan fingerprint density at radius 1 is 1.03 bits per heavy atom. The fraction of sp³-hybridized carbons (Fsp3) is 0.500. The van der Waals surface area contributed by atoms with E-state index in [1.165, 1.54) is 24.9 Å². The average molecular weight is 394 g/mol. The molecule has 0 atom stereocenters. The summed E-state index contributed by atoms with van der Waals surface area (Å²) >= 11 is 0. The smallest absolute Gasteiger partial charge is 0.251 e. The maximum absolute atomic E-state index is 12.7. The predicted molar refractivity (Wildman–Crippen MR) is 116 cm³/mol. The normalized spacial score (nSPS) is 22.2. The fourth-order valence-corrected chi connectivity index (χ4v) is 4.34. The van der Waals surface area contributed by atoms with Crippen LogP contribution in [0.25, 0.3) is 0 Å². The summed E-state index contributed by atoms with van der Waals surface area (Å²) in [4.78, 5) is 19.3. The molecular weight excluding hydrogens is 362 g/mol. The molecule has 29 heavy (non-hydrogen) atoms. The van der Waals surface area contributed by atoms with Crippen molar-refractivity contribution >= 4 is 11.6 Å². The van der Waals surface area contributed by atoms with Crippen LogP contribution in [0.3, 0.4) is 0 Å². The third-order valence-electron chi connectivity index (χ3n) is 6.11. The summed E-state index contributed by atoms with van der Waals surface area (Å²) < 4.78 is 6.11. The van der Waals surface area contributed by atoms with Crippen molar-refractivity contribution in [3.8, 4) is 5.75 Å². The Hall–Kier alpha value is -2.56. The SMILES string of the molecule is Cc1ncccc1OC1CCC(NC(=O)c2ccc(N3CCCCC3)cc2)CC1. The van der Waals surface area contributed by atoms with Gasteiger partial charge >= 0.3 is 0 Å². The molecule has 0 spiro atoms. The number of aryl methyl sites for hydroxylation is 1. The number of pyridine rings is 1. The molecule has 2 aliphatic rings. The molecule has 5 nitrogen and oxygen atoms in total. The van der Waals surface area contributed by atoms with E-state index in [0.717, 1.165) is 55.8 Å². The zero-order chi connectivity index (χ0) is 20.1. The molecular formula is C24H31N3O2. The van der Waals surface area contributed by atoms with Crippen LogP contribution in [0.15, 0.2) is 42.6 Å². The number of anilines is 1. The lowest BCUT2D eigenvalue weighted by molar-refractivity contribution is 0.0893. The van der Waals surface area contributed by atoms with Crippen molar-refractivity contribution < 1.29 is 9.53 Å². The zero-order valence-corrected chi connectivity index (χ0v) is 17.3. The van der Waals surface area contributed by atoms with Gasteiger partial charge in [0, 0.05) is 36.6 Å². The first-order chi connectivity index (χ1) is 14.2. The molecule has 0 radical (unpaired) electrons. The topological polar surface area (TPSA) is 54.5 Å². The van der Waals surface area contributed by atoms with Gasteiger partial charge in [-0.1, -0.05) is 0 Å². The molecule has 0 unspecified atom stereocenters. The van der Waals surface area contributed by atoms with Gasteiger partial charge in [0.05, 0.1) is 11.8 Å². The van der Waals surface area contributed by atoms with Crippen LogP contribution in [0.1, 0.15) is 61.0 Å². The monoisotopic (exact) mass is 393 g/mol. The van der Waals surface area contributed by atoms with Gasteiger partial charge in [0.2, 0.25) is 0 Å². The standard InChI is InChI=1S/C24H31N3O2/c1-18-23(6-5-15-25-18)29-22-13-9-20(10-14-22)26-24(28)19-7-11-21(12-8-19)27-16-3-2-4-17-27/h5-8,11-12,15,20,22H,2-4,9-10,13-14,16-17H2,1H3,(H,26,28). The number of benzene rings is 1. The van der Waals surface area contributed by atoms with E-state index in [1.54, 1.807) is 6.20 Å². The van der Waals surface area contributed by atoms with Crippen LogP contribution in [0.5, 0.6) is 5.75 Å². The van der Waals surface area contributed by atoms with Gasteiger partial charge in [0.1, 0.15) is 5.75 Å². The van der Waals surface area contributed by atoms with Crippen molar-refractivity contribution in [2.75, 3.05) is 18.0 Å². The number of hydrogen-bond donors (Lipinski definition) is 1. The molecule has 1 aliphatic carbocycles. The third-order valence-corrected chi connectivity index (χ3v) is 6.11. The highest BCUT2D eigenvalue weighted by molar-refractivity contribution is 5.94. The molecule has 1 aromatic heterocycles. The molecule has 2 aromatic rings. The minimum atomic E-state index is 0.0302. The first-order valence-corrected chi connectivity index (χ1v) is 10.9. The summed E-state index contributed by atoms with van der Waals surface area (Å²) in [5.41, 5.74) is 2.90. The van der Waals surface area contributed by atoms with E-state index in [0.29, 0.717) is 0 Å². The number of nitrogens with one attached hydrogen (secondary N) is 1. The second-order valence-corrected chi connectivity index (χ2v) is 8.25. The molecule has 1 N–H and O–H groups in total. The molecule has 4 rings (SSSR count). The molecule has 1 amide bonds. The van der Waals surface area contributed by atoms with Crippen LogP contribution in [0.4, 0.5) is 5.69 Å². The third kappa shape index (κ3) is 5.08. The van der Waals surface area contributed by atoms with Crippen LogP contribution >= 0.6 is 0 Å². The van der Waals surface area contributed by atoms with E-state index in [-0.39, 0.29) is 18.1 Å². The number of ether oxygens (including phenoxy) is 1. The quantitative estimate of drug-likeness (QED) is 0.813. The largest absolute Gasteiger partial charge is 0.489 e. The van der Waals surface area contributed by atoms with Gasteiger partial charge in [-0.05, 0) is 88.3 Å². The summed E-state index contributed by atoms with van der Waals surface area (Å²) in [6.45, 7) is 4.21. The van der Waals surface area contributed by atoms with E-state index in [1.807, 2.05) is 31.2 Å². The summed E-state index contributed by atoms with van der Waals surface area (Å²) in [5.74, 6) is 0.899. The van der Waals surface area contributed by atoms with E-state index in [4.69, 9.17) is 4.74 Å². The zero-order valence-electron chi connectivity index (χ0n) is 17.3. The maximum Gasteiger partial charge on any atom is 0.251 e. The molecule has 2 heterocycles. The number of amides is 1. The van der Waals surface area contributed by atoms with Crippen molar-refractivity contribution in [1.82, 2.24) is 10.3 Å². The van der Waals surface area contributed by atoms with Crippen LogP contribution in [-0.4, -0.2) is 36.1 Å². The van der Waals surface area contributed by atoms with Gasteiger partial charge in [0.15, 0.2) is 0 Å². The van der Waals surface area contributed by atoms with Gasteiger partial charge in [-0.25, -0.2) is 0 Å². The molecule has 154 valence electrons. The highest BCUT2D eigenvalue weighted by Crippen LogP contribution is 2.25. The second-order valence-electron chi connectivity index (χ2n) is 8.25. The molecule has 1 saturated heterocycles. The Morgan fingerprint density at radius 2 is 1.76 bits per heavy atom. The second kappa shape index (κ2) is 9.29. The van der Waals surface area contributed by atoms with E-state index < -0.39 is 0 Å². The Bertz CT molecular complexity index is 807. The van der Waals surface area contributed by atoms with Gasteiger partial charge in [-0.2, -0.15) is 0 Å². The minimum Gasteiger partial charge on any atom is -0.489 e. The summed E-state index contributed by atoms with van der Waals surface area (Å²) in [6.07, 6.45) is 9.63.